The fourth-order valence-corrected chi connectivity index (χ4v) is 4.54. The molecule has 0 fully saturated rings. The molecule has 0 aliphatic rings. The number of carbonyl (C=O) groups excluding carboxylic acids is 2. The van der Waals surface area contributed by atoms with E-state index in [-0.39, 0.29) is 29.2 Å². The van der Waals surface area contributed by atoms with Crippen LogP contribution < -0.4 is 15.4 Å². The number of amides is 2. The highest BCUT2D eigenvalue weighted by molar-refractivity contribution is 7.89. The van der Waals surface area contributed by atoms with Crippen molar-refractivity contribution in [2.75, 3.05) is 10.6 Å². The van der Waals surface area contributed by atoms with Gasteiger partial charge in [-0.2, -0.15) is 0 Å². The van der Waals surface area contributed by atoms with E-state index in [0.29, 0.717) is 17.8 Å². The van der Waals surface area contributed by atoms with Crippen molar-refractivity contribution in [3.63, 3.8) is 0 Å². The predicted molar refractivity (Wildman–Crippen MR) is 129 cm³/mol. The minimum Gasteiger partial charge on any atom is -0.326 e. The van der Waals surface area contributed by atoms with E-state index in [1.807, 2.05) is 30.3 Å². The van der Waals surface area contributed by atoms with Crippen molar-refractivity contribution < 1.29 is 18.0 Å². The van der Waals surface area contributed by atoms with Crippen LogP contribution in [0.5, 0.6) is 0 Å². The number of anilines is 2. The molecule has 3 rings (SSSR count). The van der Waals surface area contributed by atoms with Crippen LogP contribution in [0.1, 0.15) is 37.4 Å². The maximum atomic E-state index is 12.7. The van der Waals surface area contributed by atoms with Gasteiger partial charge in [-0.25, -0.2) is 13.1 Å². The van der Waals surface area contributed by atoms with Crippen LogP contribution >= 0.6 is 0 Å². The van der Waals surface area contributed by atoms with Gasteiger partial charge in [-0.1, -0.05) is 48.5 Å². The maximum Gasteiger partial charge on any atom is 0.241 e. The number of hydrogen-bond donors (Lipinski definition) is 3. The van der Waals surface area contributed by atoms with Crippen molar-refractivity contribution in [2.45, 2.75) is 37.6 Å². The van der Waals surface area contributed by atoms with Gasteiger partial charge in [0.25, 0.3) is 0 Å². The number of nitrogens with one attached hydrogen (secondary N) is 3. The molecule has 7 nitrogen and oxygen atoms in total. The van der Waals surface area contributed by atoms with Gasteiger partial charge >= 0.3 is 0 Å². The lowest BCUT2D eigenvalue weighted by atomic mass is 10.1. The lowest BCUT2D eigenvalue weighted by molar-refractivity contribution is -0.116. The topological polar surface area (TPSA) is 104 Å². The molecule has 0 heterocycles. The summed E-state index contributed by atoms with van der Waals surface area (Å²) in [4.78, 5) is 23.6. The third-order valence-corrected chi connectivity index (χ3v) is 6.53. The molecule has 3 N–H and O–H groups in total. The molecule has 0 saturated heterocycles. The van der Waals surface area contributed by atoms with Crippen molar-refractivity contribution >= 4 is 33.2 Å². The molecule has 3 aromatic rings. The Labute approximate surface area is 194 Å². The number of rotatable bonds is 9. The molecule has 2 amide bonds. The molecule has 8 heteroatoms. The highest BCUT2D eigenvalue weighted by Gasteiger charge is 2.18. The molecule has 0 radical (unpaired) electrons. The summed E-state index contributed by atoms with van der Waals surface area (Å²) in [5.41, 5.74) is 2.93. The van der Waals surface area contributed by atoms with Crippen LogP contribution in [0.2, 0.25) is 0 Å². The third-order valence-electron chi connectivity index (χ3n) is 4.97. The largest absolute Gasteiger partial charge is 0.326 e. The fraction of sp³-hybridized carbons (Fsp3) is 0.200. The Morgan fingerprint density at radius 3 is 2.12 bits per heavy atom. The number of hydrogen-bond acceptors (Lipinski definition) is 4. The summed E-state index contributed by atoms with van der Waals surface area (Å²) in [6, 6.07) is 22.4. The Morgan fingerprint density at radius 1 is 0.848 bits per heavy atom. The second-order valence-corrected chi connectivity index (χ2v) is 9.42. The Kier molecular flexibility index (Phi) is 7.97. The van der Waals surface area contributed by atoms with Gasteiger partial charge in [-0.3, -0.25) is 9.59 Å². The van der Waals surface area contributed by atoms with Gasteiger partial charge < -0.3 is 10.6 Å². The van der Waals surface area contributed by atoms with E-state index in [4.69, 9.17) is 0 Å². The highest BCUT2D eigenvalue weighted by Crippen LogP contribution is 2.18. The summed E-state index contributed by atoms with van der Waals surface area (Å²) in [5.74, 6) is -0.362. The number of aryl methyl sites for hydroxylation is 1. The van der Waals surface area contributed by atoms with Gasteiger partial charge in [0, 0.05) is 30.8 Å². The van der Waals surface area contributed by atoms with Gasteiger partial charge in [0.15, 0.2) is 0 Å². The smallest absolute Gasteiger partial charge is 0.241 e. The van der Waals surface area contributed by atoms with Gasteiger partial charge in [0.1, 0.15) is 0 Å². The Hall–Kier alpha value is -3.49. The van der Waals surface area contributed by atoms with Crippen LogP contribution in [0.4, 0.5) is 11.4 Å². The van der Waals surface area contributed by atoms with Gasteiger partial charge in [-0.15, -0.1) is 0 Å². The van der Waals surface area contributed by atoms with Gasteiger partial charge in [0.05, 0.1) is 4.90 Å². The molecule has 0 saturated carbocycles. The van der Waals surface area contributed by atoms with Crippen LogP contribution in [0.3, 0.4) is 0 Å². The van der Waals surface area contributed by atoms with Crippen molar-refractivity contribution in [3.05, 3.63) is 90.0 Å². The monoisotopic (exact) mass is 465 g/mol. The Morgan fingerprint density at radius 2 is 1.48 bits per heavy atom. The minimum atomic E-state index is -3.67. The SMILES string of the molecule is CC(=O)Nc1cccc(NC(=O)CCc2ccc(S(=O)(=O)N[C@H](C)c3ccccc3)cc2)c1. The van der Waals surface area contributed by atoms with E-state index in [1.54, 1.807) is 55.5 Å². The number of carbonyl (C=O) groups is 2. The first-order valence-corrected chi connectivity index (χ1v) is 12.0. The molecule has 3 aromatic carbocycles. The summed E-state index contributed by atoms with van der Waals surface area (Å²) in [7, 11) is -3.67. The van der Waals surface area contributed by atoms with Crippen LogP contribution in [0.25, 0.3) is 0 Å². The van der Waals surface area contributed by atoms with E-state index in [1.165, 1.54) is 6.92 Å². The number of sulfonamides is 1. The standard InChI is InChI=1S/C25H27N3O4S/c1-18(21-7-4-3-5-8-21)28-33(31,32)24-14-11-20(12-15-24)13-16-25(30)27-23-10-6-9-22(17-23)26-19(2)29/h3-12,14-15,17-18,28H,13,16H2,1-2H3,(H,26,29)(H,27,30)/t18-/m1/s1. The molecule has 0 spiro atoms. The lowest BCUT2D eigenvalue weighted by Gasteiger charge is -2.15. The molecular formula is C25H27N3O4S. The molecule has 172 valence electrons. The molecule has 1 atom stereocenters. The van der Waals surface area contributed by atoms with E-state index >= 15 is 0 Å². The second-order valence-electron chi connectivity index (χ2n) is 7.71. The average Bonchev–Trinajstić information content (AvgIpc) is 2.78. The molecule has 0 aromatic heterocycles. The summed E-state index contributed by atoms with van der Waals surface area (Å²) in [6.07, 6.45) is 0.700. The minimum absolute atomic E-state index is 0.174. The lowest BCUT2D eigenvalue weighted by Crippen LogP contribution is -2.26. The maximum absolute atomic E-state index is 12.7. The van der Waals surface area contributed by atoms with Crippen LogP contribution in [0.15, 0.2) is 83.8 Å². The molecule has 0 aliphatic heterocycles. The van der Waals surface area contributed by atoms with Crippen LogP contribution in [-0.2, 0) is 26.0 Å². The summed E-state index contributed by atoms with van der Waals surface area (Å²) in [6.45, 7) is 3.22. The first-order chi connectivity index (χ1) is 15.7. The van der Waals surface area contributed by atoms with E-state index in [0.717, 1.165) is 11.1 Å². The predicted octanol–water partition coefficient (Wildman–Crippen LogP) is 4.26. The van der Waals surface area contributed by atoms with Crippen molar-refractivity contribution in [1.29, 1.82) is 0 Å². The normalized spacial score (nSPS) is 12.1. The molecule has 33 heavy (non-hydrogen) atoms. The van der Waals surface area contributed by atoms with E-state index in [9.17, 15) is 18.0 Å². The van der Waals surface area contributed by atoms with Crippen LogP contribution in [-0.4, -0.2) is 20.2 Å². The molecule has 0 unspecified atom stereocenters. The highest BCUT2D eigenvalue weighted by atomic mass is 32.2. The van der Waals surface area contributed by atoms with Crippen molar-refractivity contribution in [3.8, 4) is 0 Å². The zero-order valence-electron chi connectivity index (χ0n) is 18.5. The summed E-state index contributed by atoms with van der Waals surface area (Å²) in [5, 5.41) is 5.47. The fourth-order valence-electron chi connectivity index (χ4n) is 3.31. The Balaban J connectivity index is 1.55. The van der Waals surface area contributed by atoms with Crippen molar-refractivity contribution in [2.24, 2.45) is 0 Å². The number of benzene rings is 3. The zero-order chi connectivity index (χ0) is 23.8. The zero-order valence-corrected chi connectivity index (χ0v) is 19.4. The Bertz CT molecular complexity index is 1210. The first kappa shape index (κ1) is 24.2. The second kappa shape index (κ2) is 10.9. The molecule has 0 bridgehead atoms. The van der Waals surface area contributed by atoms with Gasteiger partial charge in [0.2, 0.25) is 21.8 Å². The van der Waals surface area contributed by atoms with E-state index < -0.39 is 10.0 Å². The molecule has 0 aliphatic carbocycles. The van der Waals surface area contributed by atoms with Gasteiger partial charge in [-0.05, 0) is 54.8 Å². The quantitative estimate of drug-likeness (QED) is 0.439. The van der Waals surface area contributed by atoms with Crippen LogP contribution in [0, 0.1) is 0 Å². The first-order valence-electron chi connectivity index (χ1n) is 10.6. The summed E-state index contributed by atoms with van der Waals surface area (Å²) < 4.78 is 28.1. The summed E-state index contributed by atoms with van der Waals surface area (Å²) >= 11 is 0. The third kappa shape index (κ3) is 7.27. The van der Waals surface area contributed by atoms with Crippen molar-refractivity contribution in [1.82, 2.24) is 4.72 Å². The molecular weight excluding hydrogens is 438 g/mol. The van der Waals surface area contributed by atoms with E-state index in [2.05, 4.69) is 15.4 Å². The average molecular weight is 466 g/mol.